The van der Waals surface area contributed by atoms with Gasteiger partial charge in [0.05, 0.1) is 57.3 Å². The van der Waals surface area contributed by atoms with E-state index in [-0.39, 0.29) is 11.6 Å². The smallest absolute Gasteiger partial charge is 0.189 e. The first-order chi connectivity index (χ1) is 15.0. The highest BCUT2D eigenvalue weighted by molar-refractivity contribution is 6.00. The summed E-state index contributed by atoms with van der Waals surface area (Å²) < 4.78 is 11.6. The summed E-state index contributed by atoms with van der Waals surface area (Å²) in [6, 6.07) is 12.0. The second-order valence-corrected chi connectivity index (χ2v) is 8.15. The first kappa shape index (κ1) is 22.3. The quantitative estimate of drug-likeness (QED) is 0.687. The maximum absolute atomic E-state index is 10.2. The minimum absolute atomic E-state index is 0.128. The Labute approximate surface area is 183 Å². The fraction of sp³-hybridized carbons (Fsp3) is 0.500. The lowest BCUT2D eigenvalue weighted by Crippen LogP contribution is -3.10. The number of hydrogen-bond acceptors (Lipinski definition) is 6. The first-order valence-corrected chi connectivity index (χ1v) is 10.7. The molecule has 0 aromatic heterocycles. The fourth-order valence-electron chi connectivity index (χ4n) is 4.75. The maximum Gasteiger partial charge on any atom is 0.189 e. The molecule has 0 saturated heterocycles. The number of nitrogens with one attached hydrogen (secondary N) is 2. The molecule has 7 nitrogen and oxygen atoms in total. The van der Waals surface area contributed by atoms with Crippen molar-refractivity contribution in [2.45, 2.75) is 26.2 Å². The molecule has 1 aliphatic carbocycles. The van der Waals surface area contributed by atoms with Gasteiger partial charge in [-0.25, -0.2) is 0 Å². The molecule has 1 unspecified atom stereocenters. The summed E-state index contributed by atoms with van der Waals surface area (Å²) in [4.78, 5) is 1.24. The number of nitrogens with zero attached hydrogens (tertiary/aromatic N) is 3. The van der Waals surface area contributed by atoms with Crippen LogP contribution >= 0.6 is 0 Å². The zero-order valence-electron chi connectivity index (χ0n) is 18.2. The second-order valence-electron chi connectivity index (χ2n) is 8.15. The van der Waals surface area contributed by atoms with E-state index in [1.807, 2.05) is 38.1 Å². The zero-order valence-corrected chi connectivity index (χ0v) is 18.2. The highest BCUT2D eigenvalue weighted by Crippen LogP contribution is 2.53. The predicted molar refractivity (Wildman–Crippen MR) is 115 cm³/mol. The van der Waals surface area contributed by atoms with Crippen LogP contribution in [0, 0.1) is 56.7 Å². The van der Waals surface area contributed by atoms with Gasteiger partial charge >= 0.3 is 0 Å². The number of nitriles is 3. The molecule has 1 saturated carbocycles. The molecule has 1 fully saturated rings. The number of fused-ring (bicyclic) bond motifs is 1. The molecular weight excluding hydrogens is 390 g/mol. The van der Waals surface area contributed by atoms with Gasteiger partial charge in [-0.15, -0.1) is 0 Å². The molecule has 160 valence electrons. The van der Waals surface area contributed by atoms with E-state index in [9.17, 15) is 15.8 Å². The Hall–Kier alpha value is -3.34. The molecule has 4 atom stereocenters. The highest BCUT2D eigenvalue weighted by Gasteiger charge is 2.58. The predicted octanol–water partition coefficient (Wildman–Crippen LogP) is 2.24. The van der Waals surface area contributed by atoms with E-state index in [1.165, 1.54) is 4.90 Å². The van der Waals surface area contributed by atoms with Gasteiger partial charge in [-0.3, -0.25) is 0 Å². The molecule has 2 N–H and O–H groups in total. The van der Waals surface area contributed by atoms with E-state index in [1.54, 1.807) is 0 Å². The number of benzene rings is 1. The van der Waals surface area contributed by atoms with E-state index >= 15 is 0 Å². The second kappa shape index (κ2) is 9.21. The normalized spacial score (nSPS) is 26.5. The van der Waals surface area contributed by atoms with Crippen molar-refractivity contribution < 1.29 is 14.4 Å². The lowest BCUT2D eigenvalue weighted by molar-refractivity contribution is -0.878. The number of hydrogen-bond donors (Lipinski definition) is 2. The van der Waals surface area contributed by atoms with Crippen LogP contribution in [0.5, 0.6) is 11.5 Å². The topological polar surface area (TPSA) is 118 Å². The molecule has 0 bridgehead atoms. The van der Waals surface area contributed by atoms with Crippen molar-refractivity contribution in [3.63, 3.8) is 0 Å². The van der Waals surface area contributed by atoms with E-state index < -0.39 is 17.3 Å². The van der Waals surface area contributed by atoms with Crippen LogP contribution in [0.4, 0.5) is 0 Å². The SMILES string of the molecule is CCCOc1ccc([C@H]2[C@H]3C[NH+](C)CC=C3[C@@H](C#N)C(=N)C2(C#N)C#N)cc1OCC. The first-order valence-electron chi connectivity index (χ1n) is 10.7. The molecule has 3 rings (SSSR count). The van der Waals surface area contributed by atoms with Crippen molar-refractivity contribution in [2.24, 2.45) is 17.3 Å². The van der Waals surface area contributed by atoms with Crippen LogP contribution in [0.2, 0.25) is 0 Å². The molecule has 0 radical (unpaired) electrons. The van der Waals surface area contributed by atoms with Gasteiger partial charge < -0.3 is 19.8 Å². The largest absolute Gasteiger partial charge is 0.490 e. The Morgan fingerprint density at radius 2 is 1.90 bits per heavy atom. The Balaban J connectivity index is 2.19. The lowest BCUT2D eigenvalue weighted by atomic mass is 9.54. The summed E-state index contributed by atoms with van der Waals surface area (Å²) in [7, 11) is 2.05. The Morgan fingerprint density at radius 1 is 1.16 bits per heavy atom. The van der Waals surface area contributed by atoms with Gasteiger partial charge in [0.15, 0.2) is 16.9 Å². The summed E-state index contributed by atoms with van der Waals surface area (Å²) in [5, 5.41) is 38.8. The van der Waals surface area contributed by atoms with Crippen LogP contribution in [0.15, 0.2) is 29.8 Å². The molecule has 1 aliphatic heterocycles. The van der Waals surface area contributed by atoms with Crippen LogP contribution in [0.25, 0.3) is 0 Å². The lowest BCUT2D eigenvalue weighted by Gasteiger charge is -2.46. The monoisotopic (exact) mass is 418 g/mol. The summed E-state index contributed by atoms with van der Waals surface area (Å²) in [5.41, 5.74) is -0.234. The van der Waals surface area contributed by atoms with Gasteiger partial charge in [-0.1, -0.05) is 13.0 Å². The standard InChI is InChI=1S/C24H27N5O2/c1-4-10-31-20-7-6-16(11-21(20)30-5-2)22-19-13-29(3)9-8-17(19)18(12-25)23(28)24(22,14-26)15-27/h6-8,11,18-19,22,28H,4-5,9-10,13H2,1-3H3/p+1/t18-,19+,22+/m1/s1. The van der Waals surface area contributed by atoms with Crippen molar-refractivity contribution >= 4 is 5.71 Å². The van der Waals surface area contributed by atoms with Gasteiger partial charge in [0.1, 0.15) is 5.92 Å². The van der Waals surface area contributed by atoms with Gasteiger partial charge in [-0.2, -0.15) is 15.8 Å². The molecule has 0 amide bonds. The van der Waals surface area contributed by atoms with Crippen LogP contribution < -0.4 is 14.4 Å². The minimum atomic E-state index is -1.71. The number of rotatable bonds is 6. The van der Waals surface area contributed by atoms with Crippen LogP contribution in [-0.2, 0) is 0 Å². The van der Waals surface area contributed by atoms with Crippen molar-refractivity contribution in [1.29, 1.82) is 21.2 Å². The zero-order chi connectivity index (χ0) is 22.6. The number of quaternary nitrogens is 1. The third kappa shape index (κ3) is 3.76. The molecule has 7 heteroatoms. The van der Waals surface area contributed by atoms with Crippen LogP contribution in [0.3, 0.4) is 0 Å². The Bertz CT molecular complexity index is 996. The molecule has 1 aromatic carbocycles. The summed E-state index contributed by atoms with van der Waals surface area (Å²) in [5.74, 6) is -0.416. The van der Waals surface area contributed by atoms with Gasteiger partial charge in [-0.05, 0) is 42.7 Å². The number of ether oxygens (including phenoxy) is 2. The molecule has 2 aliphatic rings. The molecular formula is C24H28N5O2+. The van der Waals surface area contributed by atoms with E-state index in [0.29, 0.717) is 31.3 Å². The van der Waals surface area contributed by atoms with Gasteiger partial charge in [0, 0.05) is 11.8 Å². The third-order valence-corrected chi connectivity index (χ3v) is 6.17. The van der Waals surface area contributed by atoms with E-state index in [4.69, 9.17) is 14.9 Å². The van der Waals surface area contributed by atoms with Crippen molar-refractivity contribution in [3.05, 3.63) is 35.4 Å². The van der Waals surface area contributed by atoms with Crippen LogP contribution in [-0.4, -0.2) is 39.1 Å². The fourth-order valence-corrected chi connectivity index (χ4v) is 4.75. The molecule has 0 spiro atoms. The van der Waals surface area contributed by atoms with Gasteiger partial charge in [0.2, 0.25) is 0 Å². The Morgan fingerprint density at radius 3 is 2.52 bits per heavy atom. The van der Waals surface area contributed by atoms with E-state index in [2.05, 4.69) is 25.3 Å². The van der Waals surface area contributed by atoms with Crippen LogP contribution in [0.1, 0.15) is 31.7 Å². The van der Waals surface area contributed by atoms with Crippen molar-refractivity contribution in [3.8, 4) is 29.7 Å². The maximum atomic E-state index is 10.2. The third-order valence-electron chi connectivity index (χ3n) is 6.17. The average Bonchev–Trinajstić information content (AvgIpc) is 2.78. The van der Waals surface area contributed by atoms with E-state index in [0.717, 1.165) is 24.1 Å². The number of likely N-dealkylation sites (N-methyl/N-ethyl adjacent to an activating group) is 1. The summed E-state index contributed by atoms with van der Waals surface area (Å²) in [6.07, 6.45) is 2.87. The highest BCUT2D eigenvalue weighted by atomic mass is 16.5. The molecule has 31 heavy (non-hydrogen) atoms. The average molecular weight is 419 g/mol. The summed E-state index contributed by atoms with van der Waals surface area (Å²) in [6.45, 7) is 6.36. The van der Waals surface area contributed by atoms with Crippen molar-refractivity contribution in [2.75, 3.05) is 33.4 Å². The molecule has 1 aromatic rings. The van der Waals surface area contributed by atoms with Gasteiger partial charge in [0.25, 0.3) is 0 Å². The Kier molecular flexibility index (Phi) is 6.64. The summed E-state index contributed by atoms with van der Waals surface area (Å²) >= 11 is 0. The minimum Gasteiger partial charge on any atom is -0.490 e. The van der Waals surface area contributed by atoms with Crippen molar-refractivity contribution in [1.82, 2.24) is 0 Å². The molecule has 1 heterocycles.